The number of benzene rings is 7. The van der Waals surface area contributed by atoms with Crippen LogP contribution < -0.4 is 0 Å². The van der Waals surface area contributed by atoms with Crippen molar-refractivity contribution in [1.29, 1.82) is 0 Å². The maximum absolute atomic E-state index is 6.49. The van der Waals surface area contributed by atoms with Gasteiger partial charge in [-0.15, -0.1) is 11.8 Å². The van der Waals surface area contributed by atoms with E-state index in [1.807, 2.05) is 42.1 Å². The molecule has 0 amide bonds. The molecule has 0 saturated carbocycles. The Bertz CT molecular complexity index is 3290. The average molecular weight is 749 g/mol. The van der Waals surface area contributed by atoms with Crippen molar-refractivity contribution in [3.63, 3.8) is 0 Å². The summed E-state index contributed by atoms with van der Waals surface area (Å²) < 4.78 is 8.89. The largest absolute Gasteiger partial charge is 0.455 e. The highest BCUT2D eigenvalue weighted by Crippen LogP contribution is 2.53. The topological polar surface area (TPSA) is 56.7 Å². The van der Waals surface area contributed by atoms with Gasteiger partial charge >= 0.3 is 0 Å². The minimum atomic E-state index is 0.400. The first kappa shape index (κ1) is 32.2. The van der Waals surface area contributed by atoms with Gasteiger partial charge in [-0.3, -0.25) is 0 Å². The first-order chi connectivity index (χ1) is 28.2. The molecule has 1 aliphatic carbocycles. The van der Waals surface area contributed by atoms with E-state index in [9.17, 15) is 0 Å². The summed E-state index contributed by atoms with van der Waals surface area (Å²) in [4.78, 5) is 16.9. The van der Waals surface area contributed by atoms with Crippen molar-refractivity contribution in [2.24, 2.45) is 0 Å². The summed E-state index contributed by atoms with van der Waals surface area (Å²) >= 11 is 1.99. The van der Waals surface area contributed by atoms with Crippen molar-refractivity contribution in [3.8, 4) is 51.0 Å². The van der Waals surface area contributed by atoms with Crippen molar-refractivity contribution in [2.45, 2.75) is 16.1 Å². The van der Waals surface area contributed by atoms with Crippen molar-refractivity contribution in [3.05, 3.63) is 188 Å². The molecular formula is C51H32N4OS. The molecule has 7 aromatic carbocycles. The maximum atomic E-state index is 6.49. The summed E-state index contributed by atoms with van der Waals surface area (Å²) in [7, 11) is 0. The lowest BCUT2D eigenvalue weighted by Gasteiger charge is -2.14. The molecule has 3 aromatic heterocycles. The Balaban J connectivity index is 1.04. The number of furan rings is 1. The summed E-state index contributed by atoms with van der Waals surface area (Å²) in [5, 5.41) is 5.10. The summed E-state index contributed by atoms with van der Waals surface area (Å²) in [5.41, 5.74) is 11.4. The van der Waals surface area contributed by atoms with Crippen LogP contribution in [-0.2, 0) is 0 Å². The smallest absolute Gasteiger partial charge is 0.167 e. The van der Waals surface area contributed by atoms with E-state index in [-0.39, 0.29) is 0 Å². The molecule has 0 spiro atoms. The van der Waals surface area contributed by atoms with Gasteiger partial charge in [0.15, 0.2) is 17.5 Å². The molecule has 1 aliphatic heterocycles. The van der Waals surface area contributed by atoms with Crippen LogP contribution in [0.4, 0.5) is 0 Å². The molecule has 4 heterocycles. The minimum Gasteiger partial charge on any atom is -0.455 e. The Morgan fingerprint density at radius 2 is 1.19 bits per heavy atom. The number of para-hydroxylation sites is 3. The lowest BCUT2D eigenvalue weighted by atomic mass is 9.91. The first-order valence-corrected chi connectivity index (χ1v) is 20.1. The summed E-state index contributed by atoms with van der Waals surface area (Å²) in [6.07, 6.45) is 9.06. The molecule has 2 unspecified atom stereocenters. The Kier molecular flexibility index (Phi) is 7.22. The van der Waals surface area contributed by atoms with Crippen LogP contribution in [0.2, 0.25) is 0 Å². The van der Waals surface area contributed by atoms with Crippen LogP contribution in [-0.4, -0.2) is 24.8 Å². The molecule has 0 bridgehead atoms. The van der Waals surface area contributed by atoms with Gasteiger partial charge in [-0.25, -0.2) is 15.0 Å². The fraction of sp³-hybridized carbons (Fsp3) is 0.0392. The summed E-state index contributed by atoms with van der Waals surface area (Å²) in [5.74, 6) is 2.15. The highest BCUT2D eigenvalue weighted by atomic mass is 32.2. The van der Waals surface area contributed by atoms with E-state index < -0.39 is 0 Å². The SMILES string of the molecule is C1=CC2Sc3c(ccc4c3c3ccccc3n4-c3cccc(-c4nc(-c5ccc(-c6ccccc6)cc5)nc(-c5cccc6c5oc5ccccc56)n4)c3)C2C=C1. The van der Waals surface area contributed by atoms with Crippen LogP contribution in [0, 0.1) is 0 Å². The van der Waals surface area contributed by atoms with Gasteiger partial charge in [0.2, 0.25) is 0 Å². The molecule has 0 radical (unpaired) electrons. The number of allylic oxidation sites excluding steroid dienone is 3. The third-order valence-corrected chi connectivity index (χ3v) is 12.8. The van der Waals surface area contributed by atoms with Crippen LogP contribution in [0.15, 0.2) is 191 Å². The van der Waals surface area contributed by atoms with Crippen LogP contribution in [0.25, 0.3) is 94.7 Å². The molecule has 0 saturated heterocycles. The molecule has 57 heavy (non-hydrogen) atoms. The Morgan fingerprint density at radius 3 is 2.09 bits per heavy atom. The molecule has 0 fully saturated rings. The first-order valence-electron chi connectivity index (χ1n) is 19.3. The van der Waals surface area contributed by atoms with Crippen LogP contribution in [0.5, 0.6) is 0 Å². The average Bonchev–Trinajstić information content (AvgIpc) is 3.96. The molecule has 6 heteroatoms. The van der Waals surface area contributed by atoms with E-state index in [1.165, 1.54) is 32.3 Å². The third kappa shape index (κ3) is 5.14. The molecule has 268 valence electrons. The zero-order valence-corrected chi connectivity index (χ0v) is 31.4. The van der Waals surface area contributed by atoms with E-state index in [0.29, 0.717) is 28.6 Å². The van der Waals surface area contributed by atoms with E-state index in [1.54, 1.807) is 0 Å². The second kappa shape index (κ2) is 12.8. The van der Waals surface area contributed by atoms with Gasteiger partial charge in [0.1, 0.15) is 11.2 Å². The molecule has 2 atom stereocenters. The van der Waals surface area contributed by atoms with Gasteiger partial charge < -0.3 is 8.98 Å². The Labute approximate surface area is 332 Å². The van der Waals surface area contributed by atoms with Gasteiger partial charge in [0, 0.05) is 54.4 Å². The number of rotatable bonds is 5. The monoisotopic (exact) mass is 748 g/mol. The number of aromatic nitrogens is 4. The molecule has 10 aromatic rings. The Morgan fingerprint density at radius 1 is 0.509 bits per heavy atom. The lowest BCUT2D eigenvalue weighted by molar-refractivity contribution is 0.669. The van der Waals surface area contributed by atoms with Crippen LogP contribution >= 0.6 is 11.8 Å². The zero-order chi connectivity index (χ0) is 37.5. The number of hydrogen-bond donors (Lipinski definition) is 0. The number of fused-ring (bicyclic) bond motifs is 10. The molecular weight excluding hydrogens is 717 g/mol. The second-order valence-corrected chi connectivity index (χ2v) is 15.9. The predicted octanol–water partition coefficient (Wildman–Crippen LogP) is 13.2. The van der Waals surface area contributed by atoms with E-state index in [4.69, 9.17) is 19.4 Å². The maximum Gasteiger partial charge on any atom is 0.167 e. The van der Waals surface area contributed by atoms with Crippen molar-refractivity contribution in [2.75, 3.05) is 0 Å². The molecule has 12 rings (SSSR count). The van der Waals surface area contributed by atoms with Crippen molar-refractivity contribution in [1.82, 2.24) is 19.5 Å². The quantitative estimate of drug-likeness (QED) is 0.175. The second-order valence-electron chi connectivity index (χ2n) is 14.7. The minimum absolute atomic E-state index is 0.400. The fourth-order valence-corrected chi connectivity index (χ4v) is 10.2. The lowest BCUT2D eigenvalue weighted by Crippen LogP contribution is -2.06. The Hall–Kier alpha value is -7.02. The number of thioether (sulfide) groups is 1. The predicted molar refractivity (Wildman–Crippen MR) is 234 cm³/mol. The molecule has 5 nitrogen and oxygen atoms in total. The standard InChI is InChI=1S/C51H32N4OS/c1-2-12-31(13-3-1)32-24-26-33(27-25-32)49-52-50(54-51(53-49)41-20-11-19-38-36-16-5-8-22-44(36)56-47(38)41)34-14-10-15-35(30-34)55-42-21-7-4-18-40(42)46-43(55)29-28-39-37-17-6-9-23-45(37)57-48(39)46/h1-30,37,45H. The van der Waals surface area contributed by atoms with Crippen LogP contribution in [0.1, 0.15) is 11.5 Å². The van der Waals surface area contributed by atoms with E-state index >= 15 is 0 Å². The van der Waals surface area contributed by atoms with Gasteiger partial charge in [-0.1, -0.05) is 146 Å². The third-order valence-electron chi connectivity index (χ3n) is 11.4. The van der Waals surface area contributed by atoms with Gasteiger partial charge in [0.05, 0.1) is 16.6 Å². The molecule has 2 aliphatic rings. The number of hydrogen-bond acceptors (Lipinski definition) is 5. The van der Waals surface area contributed by atoms with Crippen molar-refractivity contribution < 1.29 is 4.42 Å². The van der Waals surface area contributed by atoms with E-state index in [0.717, 1.165) is 55.4 Å². The normalized spacial score (nSPS) is 15.9. The van der Waals surface area contributed by atoms with Crippen molar-refractivity contribution >= 4 is 55.5 Å². The summed E-state index contributed by atoms with van der Waals surface area (Å²) in [6.45, 7) is 0. The zero-order valence-electron chi connectivity index (χ0n) is 30.6. The fourth-order valence-electron chi connectivity index (χ4n) is 8.73. The van der Waals surface area contributed by atoms with E-state index in [2.05, 4.69) is 156 Å². The highest BCUT2D eigenvalue weighted by molar-refractivity contribution is 8.00. The van der Waals surface area contributed by atoms with Gasteiger partial charge in [-0.2, -0.15) is 0 Å². The van der Waals surface area contributed by atoms with Gasteiger partial charge in [0.25, 0.3) is 0 Å². The number of nitrogens with zero attached hydrogens (tertiary/aromatic N) is 4. The van der Waals surface area contributed by atoms with Gasteiger partial charge in [-0.05, 0) is 53.1 Å². The van der Waals surface area contributed by atoms with Crippen LogP contribution in [0.3, 0.4) is 0 Å². The highest BCUT2D eigenvalue weighted by Gasteiger charge is 2.33. The summed E-state index contributed by atoms with van der Waals surface area (Å²) in [6, 6.07) is 55.2. The molecule has 0 N–H and O–H groups in total.